The van der Waals surface area contributed by atoms with Crippen LogP contribution in [0.5, 0.6) is 0 Å². The molecule has 0 saturated carbocycles. The van der Waals surface area contributed by atoms with Gasteiger partial charge in [0.25, 0.3) is 0 Å². The average molecular weight is 342 g/mol. The highest BCUT2D eigenvalue weighted by atomic mass is 19.4. The summed E-state index contributed by atoms with van der Waals surface area (Å²) in [6.07, 6.45) is -4.40. The van der Waals surface area contributed by atoms with Gasteiger partial charge in [0.05, 0.1) is 11.6 Å². The van der Waals surface area contributed by atoms with Gasteiger partial charge >= 0.3 is 6.18 Å². The molecule has 0 bridgehead atoms. The molecule has 1 saturated heterocycles. The van der Waals surface area contributed by atoms with Gasteiger partial charge in [-0.1, -0.05) is 39.8 Å². The van der Waals surface area contributed by atoms with Crippen molar-refractivity contribution in [2.24, 2.45) is 17.3 Å². The first-order valence-corrected chi connectivity index (χ1v) is 8.18. The summed E-state index contributed by atoms with van der Waals surface area (Å²) in [4.78, 5) is 12.5. The van der Waals surface area contributed by atoms with Crippen molar-refractivity contribution in [1.29, 1.82) is 0 Å². The standard InChI is InChI=1S/C18H25F3N2O/c1-11(13-9-22-10-13)16(24)23-15(17(2,3)4)12-6-5-7-14(8-12)18(19,20)21/h5-8,11,13,15,22H,9-10H2,1-4H3,(H,23,24). The third kappa shape index (κ3) is 4.29. The Hall–Kier alpha value is -1.56. The molecule has 1 heterocycles. The Morgan fingerprint density at radius 3 is 2.33 bits per heavy atom. The number of benzene rings is 1. The monoisotopic (exact) mass is 342 g/mol. The summed E-state index contributed by atoms with van der Waals surface area (Å²) >= 11 is 0. The van der Waals surface area contributed by atoms with E-state index >= 15 is 0 Å². The lowest BCUT2D eigenvalue weighted by Gasteiger charge is -2.36. The number of rotatable bonds is 4. The van der Waals surface area contributed by atoms with Crippen LogP contribution in [0.1, 0.15) is 44.9 Å². The van der Waals surface area contributed by atoms with E-state index in [0.717, 1.165) is 25.2 Å². The largest absolute Gasteiger partial charge is 0.416 e. The van der Waals surface area contributed by atoms with E-state index in [9.17, 15) is 18.0 Å². The molecule has 1 amide bonds. The van der Waals surface area contributed by atoms with Crippen LogP contribution in [0.4, 0.5) is 13.2 Å². The summed E-state index contributed by atoms with van der Waals surface area (Å²) in [6, 6.07) is 4.73. The highest BCUT2D eigenvalue weighted by molar-refractivity contribution is 5.79. The van der Waals surface area contributed by atoms with Crippen molar-refractivity contribution >= 4 is 5.91 Å². The van der Waals surface area contributed by atoms with Crippen LogP contribution in [0.2, 0.25) is 0 Å². The van der Waals surface area contributed by atoms with Gasteiger partial charge in [-0.05, 0) is 42.1 Å². The molecule has 2 unspecified atom stereocenters. The van der Waals surface area contributed by atoms with E-state index in [-0.39, 0.29) is 17.7 Å². The maximum Gasteiger partial charge on any atom is 0.416 e. The smallest absolute Gasteiger partial charge is 0.349 e. The molecule has 0 aromatic heterocycles. The number of amides is 1. The van der Waals surface area contributed by atoms with Gasteiger partial charge in [0, 0.05) is 5.92 Å². The fraction of sp³-hybridized carbons (Fsp3) is 0.611. The maximum absolute atomic E-state index is 13.0. The van der Waals surface area contributed by atoms with E-state index in [1.165, 1.54) is 6.07 Å². The van der Waals surface area contributed by atoms with Crippen molar-refractivity contribution in [3.05, 3.63) is 35.4 Å². The third-order valence-electron chi connectivity index (χ3n) is 4.63. The summed E-state index contributed by atoms with van der Waals surface area (Å²) in [5.74, 6) is 0.00728. The van der Waals surface area contributed by atoms with E-state index in [1.807, 2.05) is 27.7 Å². The number of carbonyl (C=O) groups is 1. The zero-order valence-electron chi connectivity index (χ0n) is 14.5. The van der Waals surface area contributed by atoms with Crippen LogP contribution in [-0.2, 0) is 11.0 Å². The van der Waals surface area contributed by atoms with Gasteiger partial charge in [0.15, 0.2) is 0 Å². The SMILES string of the molecule is CC(C(=O)NC(c1cccc(C(F)(F)F)c1)C(C)(C)C)C1CNC1. The van der Waals surface area contributed by atoms with Gasteiger partial charge in [-0.3, -0.25) is 4.79 Å². The minimum atomic E-state index is -4.40. The Kier molecular flexibility index (Phi) is 5.28. The topological polar surface area (TPSA) is 41.1 Å². The second-order valence-corrected chi connectivity index (χ2v) is 7.64. The number of carbonyl (C=O) groups excluding carboxylic acids is 1. The highest BCUT2D eigenvalue weighted by Gasteiger charge is 2.35. The molecule has 3 nitrogen and oxygen atoms in total. The lowest BCUT2D eigenvalue weighted by molar-refractivity contribution is -0.137. The molecule has 134 valence electrons. The fourth-order valence-electron chi connectivity index (χ4n) is 2.85. The minimum Gasteiger partial charge on any atom is -0.349 e. The Morgan fingerprint density at radius 1 is 1.25 bits per heavy atom. The molecule has 1 aromatic carbocycles. The van der Waals surface area contributed by atoms with Crippen LogP contribution < -0.4 is 10.6 Å². The summed E-state index contributed by atoms with van der Waals surface area (Å²) in [6.45, 7) is 9.21. The predicted octanol–water partition coefficient (Wildman–Crippen LogP) is 3.76. The number of alkyl halides is 3. The Morgan fingerprint density at radius 2 is 1.88 bits per heavy atom. The van der Waals surface area contributed by atoms with E-state index < -0.39 is 23.2 Å². The van der Waals surface area contributed by atoms with Crippen LogP contribution in [-0.4, -0.2) is 19.0 Å². The Balaban J connectivity index is 2.24. The molecule has 2 atom stereocenters. The Labute approximate surface area is 141 Å². The molecule has 24 heavy (non-hydrogen) atoms. The van der Waals surface area contributed by atoms with Gasteiger partial charge in [-0.15, -0.1) is 0 Å². The Bertz CT molecular complexity index is 589. The lowest BCUT2D eigenvalue weighted by Crippen LogP contribution is -2.50. The van der Waals surface area contributed by atoms with Crippen molar-refractivity contribution in [2.75, 3.05) is 13.1 Å². The molecule has 0 aliphatic carbocycles. The summed E-state index contributed by atoms with van der Waals surface area (Å²) in [7, 11) is 0. The molecular weight excluding hydrogens is 317 g/mol. The highest BCUT2D eigenvalue weighted by Crippen LogP contribution is 2.36. The summed E-state index contributed by atoms with van der Waals surface area (Å²) in [5.41, 5.74) is -0.623. The number of hydrogen-bond donors (Lipinski definition) is 2. The normalized spacial score (nSPS) is 18.6. The number of hydrogen-bond acceptors (Lipinski definition) is 2. The quantitative estimate of drug-likeness (QED) is 0.875. The first-order valence-electron chi connectivity index (χ1n) is 8.18. The van der Waals surface area contributed by atoms with Crippen LogP contribution in [0.25, 0.3) is 0 Å². The fourth-order valence-corrected chi connectivity index (χ4v) is 2.85. The molecule has 0 spiro atoms. The van der Waals surface area contributed by atoms with Crippen molar-refractivity contribution in [1.82, 2.24) is 10.6 Å². The van der Waals surface area contributed by atoms with Crippen LogP contribution in [0.3, 0.4) is 0 Å². The number of nitrogens with one attached hydrogen (secondary N) is 2. The predicted molar refractivity (Wildman–Crippen MR) is 87.3 cm³/mol. The number of halogens is 3. The lowest BCUT2D eigenvalue weighted by atomic mass is 9.80. The van der Waals surface area contributed by atoms with Gasteiger partial charge in [0.1, 0.15) is 0 Å². The second-order valence-electron chi connectivity index (χ2n) is 7.64. The molecule has 1 aliphatic rings. The van der Waals surface area contributed by atoms with Gasteiger partial charge in [-0.2, -0.15) is 13.2 Å². The molecule has 1 aliphatic heterocycles. The maximum atomic E-state index is 13.0. The third-order valence-corrected chi connectivity index (χ3v) is 4.63. The van der Waals surface area contributed by atoms with Crippen LogP contribution in [0.15, 0.2) is 24.3 Å². The van der Waals surface area contributed by atoms with Gasteiger partial charge < -0.3 is 10.6 Å². The molecule has 1 aromatic rings. The second kappa shape index (κ2) is 6.75. The zero-order valence-corrected chi connectivity index (χ0v) is 14.5. The molecule has 1 fully saturated rings. The van der Waals surface area contributed by atoms with Crippen molar-refractivity contribution in [2.45, 2.75) is 39.9 Å². The molecule has 6 heteroatoms. The van der Waals surface area contributed by atoms with Crippen LogP contribution >= 0.6 is 0 Å². The average Bonchev–Trinajstić information content (AvgIpc) is 2.40. The first kappa shape index (κ1) is 18.8. The van der Waals surface area contributed by atoms with E-state index in [1.54, 1.807) is 6.07 Å². The van der Waals surface area contributed by atoms with Gasteiger partial charge in [-0.25, -0.2) is 0 Å². The van der Waals surface area contributed by atoms with Crippen molar-refractivity contribution < 1.29 is 18.0 Å². The minimum absolute atomic E-state index is 0.112. The van der Waals surface area contributed by atoms with Crippen molar-refractivity contribution in [3.63, 3.8) is 0 Å². The molecule has 0 radical (unpaired) electrons. The van der Waals surface area contributed by atoms with Gasteiger partial charge in [0.2, 0.25) is 5.91 Å². The first-order chi connectivity index (χ1) is 11.0. The summed E-state index contributed by atoms with van der Waals surface area (Å²) < 4.78 is 39.0. The molecular formula is C18H25F3N2O. The molecule has 2 rings (SSSR count). The summed E-state index contributed by atoms with van der Waals surface area (Å²) in [5, 5.41) is 6.10. The van der Waals surface area contributed by atoms with Crippen molar-refractivity contribution in [3.8, 4) is 0 Å². The van der Waals surface area contributed by atoms with Crippen LogP contribution in [0, 0.1) is 17.3 Å². The van der Waals surface area contributed by atoms with E-state index in [4.69, 9.17) is 0 Å². The van der Waals surface area contributed by atoms with E-state index in [0.29, 0.717) is 5.56 Å². The van der Waals surface area contributed by atoms with E-state index in [2.05, 4.69) is 10.6 Å². The molecule has 2 N–H and O–H groups in total. The zero-order chi connectivity index (χ0) is 18.1.